The highest BCUT2D eigenvalue weighted by atomic mass is 16.5. The molecule has 8 nitrogen and oxygen atoms in total. The second-order valence-electron chi connectivity index (χ2n) is 5.88. The lowest BCUT2D eigenvalue weighted by Crippen LogP contribution is -2.50. The van der Waals surface area contributed by atoms with Gasteiger partial charge in [-0.05, 0) is 13.8 Å². The van der Waals surface area contributed by atoms with Gasteiger partial charge in [-0.2, -0.15) is 0 Å². The van der Waals surface area contributed by atoms with Crippen molar-refractivity contribution >= 4 is 23.8 Å². The van der Waals surface area contributed by atoms with Gasteiger partial charge in [0.1, 0.15) is 6.61 Å². The van der Waals surface area contributed by atoms with Crippen LogP contribution in [0.1, 0.15) is 37.0 Å². The fourth-order valence-corrected chi connectivity index (χ4v) is 2.60. The van der Waals surface area contributed by atoms with Crippen LogP contribution in [0.25, 0.3) is 0 Å². The fraction of sp³-hybridized carbons (Fsp3) is 0.368. The van der Waals surface area contributed by atoms with E-state index in [4.69, 9.17) is 9.47 Å². The van der Waals surface area contributed by atoms with Crippen molar-refractivity contribution in [1.29, 1.82) is 0 Å². The van der Waals surface area contributed by atoms with Gasteiger partial charge in [-0.15, -0.1) is 0 Å². The predicted octanol–water partition coefficient (Wildman–Crippen LogP) is 1.71. The summed E-state index contributed by atoms with van der Waals surface area (Å²) in [6.45, 7) is 3.19. The molecule has 0 unspecified atom stereocenters. The van der Waals surface area contributed by atoms with E-state index in [1.165, 1.54) is 0 Å². The van der Waals surface area contributed by atoms with Crippen molar-refractivity contribution in [2.75, 3.05) is 13.2 Å². The Morgan fingerprint density at radius 2 is 1.78 bits per heavy atom. The van der Waals surface area contributed by atoms with Crippen molar-refractivity contribution in [1.82, 2.24) is 10.6 Å². The normalized spacial score (nSPS) is 16.2. The second-order valence-corrected chi connectivity index (χ2v) is 5.88. The maximum atomic E-state index is 12.1. The van der Waals surface area contributed by atoms with Crippen LogP contribution in [0.2, 0.25) is 0 Å². The average molecular weight is 374 g/mol. The van der Waals surface area contributed by atoms with E-state index < -0.39 is 24.0 Å². The highest BCUT2D eigenvalue weighted by Gasteiger charge is 2.30. The lowest BCUT2D eigenvalue weighted by molar-refractivity contribution is -0.143. The van der Waals surface area contributed by atoms with Crippen LogP contribution in [0, 0.1) is 0 Å². The van der Waals surface area contributed by atoms with Crippen LogP contribution in [0.3, 0.4) is 0 Å². The van der Waals surface area contributed by atoms with Crippen LogP contribution in [0.15, 0.2) is 41.6 Å². The Hall–Kier alpha value is -3.16. The van der Waals surface area contributed by atoms with Gasteiger partial charge in [0.15, 0.2) is 5.78 Å². The van der Waals surface area contributed by atoms with E-state index in [0.717, 1.165) is 0 Å². The molecule has 0 radical (unpaired) electrons. The number of amides is 2. The van der Waals surface area contributed by atoms with Crippen LogP contribution in [-0.2, 0) is 19.1 Å². The molecule has 1 atom stereocenters. The number of Topliss-reactive ketones (excluding diaryl/α,β-unsaturated/α-hetero) is 1. The van der Waals surface area contributed by atoms with Crippen LogP contribution < -0.4 is 10.6 Å². The number of nitrogens with one attached hydrogen (secondary N) is 2. The molecule has 0 saturated carbocycles. The Bertz CT molecular complexity index is 757. The molecule has 0 spiro atoms. The smallest absolute Gasteiger partial charge is 0.338 e. The standard InChI is InChI=1S/C19H22N2O6/c1-3-26-18(24)17-12(2)20-19(25)21-14(17)11-27-16(23)10-9-15(22)13-7-5-4-6-8-13/h4-8,12H,3,9-11H2,1-2H3,(H2,20,21,25)/t12-/m1/s1. The van der Waals surface area contributed by atoms with Crippen molar-refractivity contribution in [3.05, 3.63) is 47.2 Å². The summed E-state index contributed by atoms with van der Waals surface area (Å²) in [6, 6.07) is 7.57. The molecule has 2 N–H and O–H groups in total. The number of hydrogen-bond donors (Lipinski definition) is 2. The van der Waals surface area contributed by atoms with Gasteiger partial charge in [-0.3, -0.25) is 9.59 Å². The molecule has 0 aliphatic carbocycles. The topological polar surface area (TPSA) is 111 Å². The number of carbonyl (C=O) groups is 4. The lowest BCUT2D eigenvalue weighted by atomic mass is 10.0. The minimum absolute atomic E-state index is 0.0109. The third-order valence-electron chi connectivity index (χ3n) is 3.89. The average Bonchev–Trinajstić information content (AvgIpc) is 2.64. The Balaban J connectivity index is 1.94. The van der Waals surface area contributed by atoms with E-state index in [1.807, 2.05) is 0 Å². The number of urea groups is 1. The summed E-state index contributed by atoms with van der Waals surface area (Å²) in [4.78, 5) is 47.7. The Kier molecular flexibility index (Phi) is 7.10. The van der Waals surface area contributed by atoms with Crippen molar-refractivity contribution < 1.29 is 28.7 Å². The summed E-state index contributed by atoms with van der Waals surface area (Å²) >= 11 is 0. The lowest BCUT2D eigenvalue weighted by Gasteiger charge is -2.26. The molecule has 0 fully saturated rings. The quantitative estimate of drug-likeness (QED) is 0.529. The molecule has 2 amide bonds. The summed E-state index contributed by atoms with van der Waals surface area (Å²) in [6.07, 6.45) is -0.0888. The van der Waals surface area contributed by atoms with E-state index in [9.17, 15) is 19.2 Å². The Morgan fingerprint density at radius 3 is 2.44 bits per heavy atom. The largest absolute Gasteiger partial charge is 0.463 e. The van der Waals surface area contributed by atoms with Crippen molar-refractivity contribution in [2.45, 2.75) is 32.7 Å². The molecule has 1 aromatic carbocycles. The molecular formula is C19H22N2O6. The fourth-order valence-electron chi connectivity index (χ4n) is 2.60. The molecule has 1 aliphatic rings. The first-order chi connectivity index (χ1) is 12.9. The summed E-state index contributed by atoms with van der Waals surface area (Å²) < 4.78 is 10.1. The summed E-state index contributed by atoms with van der Waals surface area (Å²) in [5.74, 6) is -1.36. The molecule has 8 heteroatoms. The van der Waals surface area contributed by atoms with E-state index in [2.05, 4.69) is 10.6 Å². The zero-order valence-electron chi connectivity index (χ0n) is 15.2. The van der Waals surface area contributed by atoms with Crippen LogP contribution in [0.5, 0.6) is 0 Å². The predicted molar refractivity (Wildman–Crippen MR) is 95.8 cm³/mol. The minimum atomic E-state index is -0.601. The molecule has 0 bridgehead atoms. The van der Waals surface area contributed by atoms with Crippen molar-refractivity contribution in [3.8, 4) is 0 Å². The Morgan fingerprint density at radius 1 is 1.07 bits per heavy atom. The molecule has 0 saturated heterocycles. The van der Waals surface area contributed by atoms with Gasteiger partial charge in [-0.1, -0.05) is 30.3 Å². The van der Waals surface area contributed by atoms with Gasteiger partial charge in [0.2, 0.25) is 0 Å². The maximum absolute atomic E-state index is 12.1. The molecule has 1 aromatic rings. The second kappa shape index (κ2) is 9.51. The highest BCUT2D eigenvalue weighted by Crippen LogP contribution is 2.15. The molecule has 144 valence electrons. The number of carbonyl (C=O) groups excluding carboxylic acids is 4. The number of rotatable bonds is 8. The van der Waals surface area contributed by atoms with E-state index in [0.29, 0.717) is 5.56 Å². The zero-order chi connectivity index (χ0) is 19.8. The van der Waals surface area contributed by atoms with Gasteiger partial charge in [0.05, 0.1) is 30.3 Å². The number of ketones is 1. The number of benzene rings is 1. The van der Waals surface area contributed by atoms with Gasteiger partial charge < -0.3 is 20.1 Å². The number of hydrogen-bond acceptors (Lipinski definition) is 6. The van der Waals surface area contributed by atoms with Gasteiger partial charge in [0, 0.05) is 12.0 Å². The zero-order valence-corrected chi connectivity index (χ0v) is 15.2. The number of ether oxygens (including phenoxy) is 2. The molecular weight excluding hydrogens is 352 g/mol. The van der Waals surface area contributed by atoms with Crippen LogP contribution >= 0.6 is 0 Å². The van der Waals surface area contributed by atoms with E-state index in [-0.39, 0.29) is 43.1 Å². The number of esters is 2. The highest BCUT2D eigenvalue weighted by molar-refractivity contribution is 5.97. The third-order valence-corrected chi connectivity index (χ3v) is 3.89. The van der Waals surface area contributed by atoms with Crippen LogP contribution in [-0.4, -0.2) is 43.0 Å². The molecule has 2 rings (SSSR count). The molecule has 1 aliphatic heterocycles. The van der Waals surface area contributed by atoms with Gasteiger partial charge >= 0.3 is 18.0 Å². The maximum Gasteiger partial charge on any atom is 0.338 e. The van der Waals surface area contributed by atoms with Gasteiger partial charge in [-0.25, -0.2) is 9.59 Å². The molecule has 27 heavy (non-hydrogen) atoms. The first-order valence-corrected chi connectivity index (χ1v) is 8.64. The first kappa shape index (κ1) is 20.2. The summed E-state index contributed by atoms with van der Waals surface area (Å²) in [5, 5.41) is 5.02. The van der Waals surface area contributed by atoms with Gasteiger partial charge in [0.25, 0.3) is 0 Å². The van der Waals surface area contributed by atoms with Crippen molar-refractivity contribution in [3.63, 3.8) is 0 Å². The third kappa shape index (κ3) is 5.67. The Labute approximate surface area is 156 Å². The first-order valence-electron chi connectivity index (χ1n) is 8.64. The minimum Gasteiger partial charge on any atom is -0.463 e. The van der Waals surface area contributed by atoms with Crippen molar-refractivity contribution in [2.24, 2.45) is 0 Å². The monoisotopic (exact) mass is 374 g/mol. The SMILES string of the molecule is CCOC(=O)C1=C(COC(=O)CCC(=O)c2ccccc2)NC(=O)N[C@@H]1C. The summed E-state index contributed by atoms with van der Waals surface area (Å²) in [7, 11) is 0. The van der Waals surface area contributed by atoms with Crippen LogP contribution in [0.4, 0.5) is 4.79 Å². The van der Waals surface area contributed by atoms with E-state index in [1.54, 1.807) is 44.2 Å². The molecule has 0 aromatic heterocycles. The summed E-state index contributed by atoms with van der Waals surface area (Å²) in [5.41, 5.74) is 0.897. The molecule has 1 heterocycles. The van der Waals surface area contributed by atoms with E-state index >= 15 is 0 Å².